The van der Waals surface area contributed by atoms with E-state index in [9.17, 15) is 0 Å². The maximum Gasteiger partial charge on any atom is 0.213 e. The van der Waals surface area contributed by atoms with Crippen LogP contribution in [0.4, 0.5) is 5.69 Å². The van der Waals surface area contributed by atoms with Crippen LogP contribution in [0, 0.1) is 0 Å². The third-order valence-electron chi connectivity index (χ3n) is 2.04. The van der Waals surface area contributed by atoms with Gasteiger partial charge in [-0.2, -0.15) is 0 Å². The number of nitrogens with one attached hydrogen (secondary N) is 1. The van der Waals surface area contributed by atoms with Crippen LogP contribution in [0.1, 0.15) is 4.88 Å². The summed E-state index contributed by atoms with van der Waals surface area (Å²) in [5.41, 5.74) is 0.963. The lowest BCUT2D eigenvalue weighted by Crippen LogP contribution is -1.98. The van der Waals surface area contributed by atoms with Crippen LogP contribution in [0.15, 0.2) is 30.5 Å². The molecule has 0 aliphatic rings. The Labute approximate surface area is 103 Å². The summed E-state index contributed by atoms with van der Waals surface area (Å²) in [6, 6.07) is 7.66. The van der Waals surface area contributed by atoms with E-state index in [1.165, 1.54) is 4.88 Å². The molecule has 84 valence electrons. The molecule has 2 aromatic rings. The summed E-state index contributed by atoms with van der Waals surface area (Å²) >= 11 is 7.42. The Balaban J connectivity index is 1.94. The number of ether oxygens (including phenoxy) is 1. The van der Waals surface area contributed by atoms with E-state index < -0.39 is 0 Å². The van der Waals surface area contributed by atoms with E-state index in [-0.39, 0.29) is 0 Å². The van der Waals surface area contributed by atoms with Gasteiger partial charge in [-0.15, -0.1) is 11.3 Å². The Morgan fingerprint density at radius 3 is 2.81 bits per heavy atom. The van der Waals surface area contributed by atoms with Crippen molar-refractivity contribution >= 4 is 28.6 Å². The fourth-order valence-corrected chi connectivity index (χ4v) is 2.27. The number of nitrogens with zero attached hydrogens (tertiary/aromatic N) is 1. The Morgan fingerprint density at radius 2 is 2.25 bits per heavy atom. The number of rotatable bonds is 4. The largest absolute Gasteiger partial charge is 0.481 e. The molecule has 0 aliphatic carbocycles. The molecular formula is C11H11ClN2OS. The van der Waals surface area contributed by atoms with E-state index in [4.69, 9.17) is 16.3 Å². The first-order valence-corrected chi connectivity index (χ1v) is 5.95. The maximum atomic E-state index is 5.84. The third-order valence-corrected chi connectivity index (χ3v) is 3.27. The Kier molecular flexibility index (Phi) is 3.64. The molecule has 5 heteroatoms. The van der Waals surface area contributed by atoms with Gasteiger partial charge in [0.05, 0.1) is 23.3 Å². The van der Waals surface area contributed by atoms with Crippen LogP contribution in [0.5, 0.6) is 5.88 Å². The Bertz CT molecular complexity index is 455. The lowest BCUT2D eigenvalue weighted by molar-refractivity contribution is 0.398. The van der Waals surface area contributed by atoms with Crippen LogP contribution in [0.3, 0.4) is 0 Å². The van der Waals surface area contributed by atoms with Crippen molar-refractivity contribution < 1.29 is 4.74 Å². The average Bonchev–Trinajstić information content (AvgIpc) is 2.73. The number of hydrogen-bond donors (Lipinski definition) is 1. The van der Waals surface area contributed by atoms with Gasteiger partial charge in [-0.05, 0) is 18.2 Å². The van der Waals surface area contributed by atoms with Gasteiger partial charge in [0.1, 0.15) is 0 Å². The van der Waals surface area contributed by atoms with Gasteiger partial charge in [0.25, 0.3) is 0 Å². The second-order valence-electron chi connectivity index (χ2n) is 3.15. The SMILES string of the molecule is COc1ccc(NCc2ccc(Cl)s2)cn1. The van der Waals surface area contributed by atoms with E-state index in [0.717, 1.165) is 16.6 Å². The molecule has 0 radical (unpaired) electrons. The first-order chi connectivity index (χ1) is 7.78. The van der Waals surface area contributed by atoms with E-state index in [1.807, 2.05) is 24.3 Å². The molecule has 0 fully saturated rings. The van der Waals surface area contributed by atoms with Gasteiger partial charge in [0.15, 0.2) is 0 Å². The fourth-order valence-electron chi connectivity index (χ4n) is 1.24. The number of anilines is 1. The smallest absolute Gasteiger partial charge is 0.213 e. The summed E-state index contributed by atoms with van der Waals surface area (Å²) in [5, 5.41) is 3.26. The van der Waals surface area contributed by atoms with Crippen LogP contribution >= 0.6 is 22.9 Å². The minimum atomic E-state index is 0.615. The molecule has 16 heavy (non-hydrogen) atoms. The zero-order chi connectivity index (χ0) is 11.4. The van der Waals surface area contributed by atoms with Crippen LogP contribution < -0.4 is 10.1 Å². The van der Waals surface area contributed by atoms with E-state index >= 15 is 0 Å². The molecule has 0 aliphatic heterocycles. The monoisotopic (exact) mass is 254 g/mol. The number of hydrogen-bond acceptors (Lipinski definition) is 4. The fraction of sp³-hybridized carbons (Fsp3) is 0.182. The molecule has 1 N–H and O–H groups in total. The molecule has 0 spiro atoms. The summed E-state index contributed by atoms with van der Waals surface area (Å²) in [5.74, 6) is 0.615. The molecule has 0 bridgehead atoms. The predicted octanol–water partition coefficient (Wildman–Crippen LogP) is 3.42. The van der Waals surface area contributed by atoms with Crippen molar-refractivity contribution in [1.82, 2.24) is 4.98 Å². The van der Waals surface area contributed by atoms with E-state index in [0.29, 0.717) is 5.88 Å². The molecule has 2 rings (SSSR count). The van der Waals surface area contributed by atoms with Gasteiger partial charge < -0.3 is 10.1 Å². The first kappa shape index (κ1) is 11.2. The number of halogens is 1. The van der Waals surface area contributed by atoms with Crippen molar-refractivity contribution in [2.45, 2.75) is 6.54 Å². The van der Waals surface area contributed by atoms with Crippen molar-refractivity contribution in [3.05, 3.63) is 39.7 Å². The molecular weight excluding hydrogens is 244 g/mol. The number of pyridine rings is 1. The minimum absolute atomic E-state index is 0.615. The quantitative estimate of drug-likeness (QED) is 0.908. The first-order valence-electron chi connectivity index (χ1n) is 4.76. The second kappa shape index (κ2) is 5.18. The predicted molar refractivity (Wildman–Crippen MR) is 67.4 cm³/mol. The Hall–Kier alpha value is -1.26. The lowest BCUT2D eigenvalue weighted by Gasteiger charge is -2.04. The number of thiophene rings is 1. The van der Waals surface area contributed by atoms with Crippen LogP contribution in [-0.2, 0) is 6.54 Å². The van der Waals surface area contributed by atoms with Crippen LogP contribution in [0.2, 0.25) is 4.34 Å². The molecule has 2 aromatic heterocycles. The number of aromatic nitrogens is 1. The highest BCUT2D eigenvalue weighted by atomic mass is 35.5. The highest BCUT2D eigenvalue weighted by Crippen LogP contribution is 2.22. The molecule has 0 amide bonds. The molecule has 2 heterocycles. The third kappa shape index (κ3) is 2.87. The van der Waals surface area contributed by atoms with E-state index in [1.54, 1.807) is 24.6 Å². The zero-order valence-electron chi connectivity index (χ0n) is 8.74. The molecule has 0 saturated heterocycles. The normalized spacial score (nSPS) is 10.1. The van der Waals surface area contributed by atoms with Crippen LogP contribution in [-0.4, -0.2) is 12.1 Å². The zero-order valence-corrected chi connectivity index (χ0v) is 10.3. The van der Waals surface area contributed by atoms with Crippen molar-refractivity contribution in [2.24, 2.45) is 0 Å². The summed E-state index contributed by atoms with van der Waals surface area (Å²) in [4.78, 5) is 5.30. The van der Waals surface area contributed by atoms with Crippen molar-refractivity contribution in [3.8, 4) is 5.88 Å². The van der Waals surface area contributed by atoms with E-state index in [2.05, 4.69) is 10.3 Å². The summed E-state index contributed by atoms with van der Waals surface area (Å²) in [6.07, 6.45) is 1.74. The highest BCUT2D eigenvalue weighted by Gasteiger charge is 1.98. The molecule has 0 unspecified atom stereocenters. The molecule has 0 aromatic carbocycles. The maximum absolute atomic E-state index is 5.84. The lowest BCUT2D eigenvalue weighted by atomic mass is 10.4. The van der Waals surface area contributed by atoms with Gasteiger partial charge >= 0.3 is 0 Å². The second-order valence-corrected chi connectivity index (χ2v) is 4.95. The number of methoxy groups -OCH3 is 1. The van der Waals surface area contributed by atoms with Crippen molar-refractivity contribution in [1.29, 1.82) is 0 Å². The summed E-state index contributed by atoms with van der Waals surface area (Å²) in [6.45, 7) is 0.755. The summed E-state index contributed by atoms with van der Waals surface area (Å²) in [7, 11) is 1.60. The average molecular weight is 255 g/mol. The highest BCUT2D eigenvalue weighted by molar-refractivity contribution is 7.16. The van der Waals surface area contributed by atoms with Crippen molar-refractivity contribution in [3.63, 3.8) is 0 Å². The molecule has 0 saturated carbocycles. The molecule has 0 atom stereocenters. The van der Waals surface area contributed by atoms with Gasteiger partial charge in [-0.3, -0.25) is 0 Å². The van der Waals surface area contributed by atoms with Gasteiger partial charge in [-0.25, -0.2) is 4.98 Å². The van der Waals surface area contributed by atoms with Crippen molar-refractivity contribution in [2.75, 3.05) is 12.4 Å². The van der Waals surface area contributed by atoms with Gasteiger partial charge in [0.2, 0.25) is 5.88 Å². The van der Waals surface area contributed by atoms with Gasteiger partial charge in [0, 0.05) is 17.5 Å². The van der Waals surface area contributed by atoms with Crippen LogP contribution in [0.25, 0.3) is 0 Å². The Morgan fingerprint density at radius 1 is 1.38 bits per heavy atom. The summed E-state index contributed by atoms with van der Waals surface area (Å²) < 4.78 is 5.79. The standard InChI is InChI=1S/C11H11ClN2OS/c1-15-11-5-2-8(6-14-11)13-7-9-3-4-10(12)16-9/h2-6,13H,7H2,1H3. The topological polar surface area (TPSA) is 34.1 Å². The van der Waals surface area contributed by atoms with Gasteiger partial charge in [-0.1, -0.05) is 11.6 Å². The minimum Gasteiger partial charge on any atom is -0.481 e. The molecule has 3 nitrogen and oxygen atoms in total.